The van der Waals surface area contributed by atoms with Crippen LogP contribution in [0.15, 0.2) is 73.7 Å². The average Bonchev–Trinajstić information content (AvgIpc) is 3.65. The van der Waals surface area contributed by atoms with E-state index in [0.717, 1.165) is 77.2 Å². The van der Waals surface area contributed by atoms with Crippen molar-refractivity contribution in [1.29, 1.82) is 0 Å². The molecule has 6 rings (SSSR count). The minimum absolute atomic E-state index is 0.260. The lowest BCUT2D eigenvalue weighted by molar-refractivity contribution is -0.111. The van der Waals surface area contributed by atoms with Gasteiger partial charge in [0.15, 0.2) is 0 Å². The maximum Gasteiger partial charge on any atom is 0.247 e. The van der Waals surface area contributed by atoms with E-state index in [1.54, 1.807) is 6.20 Å². The Labute approximate surface area is 250 Å². The van der Waals surface area contributed by atoms with Crippen LogP contribution in [0, 0.1) is 6.92 Å². The van der Waals surface area contributed by atoms with Crippen LogP contribution < -0.4 is 10.2 Å². The van der Waals surface area contributed by atoms with Crippen molar-refractivity contribution in [3.63, 3.8) is 0 Å². The van der Waals surface area contributed by atoms with Crippen LogP contribution in [0.3, 0.4) is 0 Å². The number of amides is 1. The third-order valence-corrected chi connectivity index (χ3v) is 8.41. The molecule has 0 bridgehead atoms. The number of aryl methyl sites for hydroxylation is 2. The number of hydrogen-bond donors (Lipinski definition) is 2. The second-order valence-corrected chi connectivity index (χ2v) is 11.1. The van der Waals surface area contributed by atoms with Crippen LogP contribution in [-0.2, 0) is 11.3 Å². The van der Waals surface area contributed by atoms with E-state index in [-0.39, 0.29) is 5.91 Å². The molecule has 0 unspecified atom stereocenters. The van der Waals surface area contributed by atoms with Crippen LogP contribution >= 0.6 is 11.6 Å². The fraction of sp³-hybridized carbons (Fsp3) is 0.242. The number of nitrogens with one attached hydrogen (secondary N) is 2. The SMILES string of the molecule is C=CC(=O)Nc1cc(-c2c(-c3ccc(N4CCN(C)CC4)cc3)[nH]c3ncc(-c4cnn(CC)c4)c(Cl)c23)ccc1C. The number of halogens is 1. The van der Waals surface area contributed by atoms with E-state index >= 15 is 0 Å². The first-order valence-electron chi connectivity index (χ1n) is 14.2. The number of benzene rings is 2. The number of aromatic amines is 1. The van der Waals surface area contributed by atoms with Crippen LogP contribution in [0.5, 0.6) is 0 Å². The summed E-state index contributed by atoms with van der Waals surface area (Å²) >= 11 is 7.21. The summed E-state index contributed by atoms with van der Waals surface area (Å²) in [7, 11) is 2.16. The molecule has 1 aliphatic heterocycles. The topological polar surface area (TPSA) is 82.1 Å². The van der Waals surface area contributed by atoms with Crippen molar-refractivity contribution in [2.24, 2.45) is 0 Å². The van der Waals surface area contributed by atoms with Crippen molar-refractivity contribution in [2.75, 3.05) is 43.4 Å². The Morgan fingerprint density at radius 1 is 1.07 bits per heavy atom. The number of rotatable bonds is 7. The lowest BCUT2D eigenvalue weighted by Gasteiger charge is -2.34. The van der Waals surface area contributed by atoms with Gasteiger partial charge in [0.05, 0.1) is 16.9 Å². The molecule has 1 saturated heterocycles. The third kappa shape index (κ3) is 5.19. The summed E-state index contributed by atoms with van der Waals surface area (Å²) < 4.78 is 1.87. The molecule has 0 aliphatic carbocycles. The minimum Gasteiger partial charge on any atom is -0.369 e. The Morgan fingerprint density at radius 3 is 2.50 bits per heavy atom. The van der Waals surface area contributed by atoms with E-state index in [0.29, 0.717) is 16.4 Å². The van der Waals surface area contributed by atoms with E-state index in [9.17, 15) is 4.79 Å². The molecule has 2 N–H and O–H groups in total. The summed E-state index contributed by atoms with van der Waals surface area (Å²) in [6.45, 7) is 12.5. The molecule has 9 heteroatoms. The number of nitrogens with zero attached hydrogens (tertiary/aromatic N) is 5. The Morgan fingerprint density at radius 2 is 1.81 bits per heavy atom. The third-order valence-electron chi connectivity index (χ3n) is 8.02. The number of hydrogen-bond acceptors (Lipinski definition) is 5. The predicted molar refractivity (Wildman–Crippen MR) is 172 cm³/mol. The van der Waals surface area contributed by atoms with Gasteiger partial charge in [0.1, 0.15) is 5.65 Å². The molecule has 1 aliphatic rings. The number of carbonyl (C=O) groups is 1. The van der Waals surface area contributed by atoms with Gasteiger partial charge in [-0.05, 0) is 61.9 Å². The number of carbonyl (C=O) groups excluding carboxylic acids is 1. The number of fused-ring (bicyclic) bond motifs is 1. The largest absolute Gasteiger partial charge is 0.369 e. The molecule has 4 heterocycles. The van der Waals surface area contributed by atoms with Gasteiger partial charge in [-0.2, -0.15) is 5.10 Å². The van der Waals surface area contributed by atoms with Gasteiger partial charge < -0.3 is 20.1 Å². The molecule has 8 nitrogen and oxygen atoms in total. The molecule has 5 aromatic rings. The van der Waals surface area contributed by atoms with Gasteiger partial charge in [-0.15, -0.1) is 0 Å². The highest BCUT2D eigenvalue weighted by Crippen LogP contribution is 2.44. The zero-order valence-corrected chi connectivity index (χ0v) is 24.9. The van der Waals surface area contributed by atoms with Gasteiger partial charge in [-0.3, -0.25) is 9.48 Å². The molecule has 42 heavy (non-hydrogen) atoms. The summed E-state index contributed by atoms with van der Waals surface area (Å²) in [4.78, 5) is 25.4. The number of pyridine rings is 1. The van der Waals surface area contributed by atoms with Crippen molar-refractivity contribution >= 4 is 39.9 Å². The Kier molecular flexibility index (Phi) is 7.58. The second kappa shape index (κ2) is 11.5. The van der Waals surface area contributed by atoms with Gasteiger partial charge in [-0.1, -0.05) is 42.4 Å². The molecular weight excluding hydrogens is 546 g/mol. The van der Waals surface area contributed by atoms with Gasteiger partial charge in [0.25, 0.3) is 0 Å². The minimum atomic E-state index is -0.260. The fourth-order valence-electron chi connectivity index (χ4n) is 5.50. The quantitative estimate of drug-likeness (QED) is 0.212. The van der Waals surface area contributed by atoms with Crippen LogP contribution in [0.2, 0.25) is 5.02 Å². The smallest absolute Gasteiger partial charge is 0.247 e. The lowest BCUT2D eigenvalue weighted by Crippen LogP contribution is -2.44. The van der Waals surface area contributed by atoms with Gasteiger partial charge >= 0.3 is 0 Å². The van der Waals surface area contributed by atoms with Gasteiger partial charge in [0.2, 0.25) is 5.91 Å². The molecule has 1 fully saturated rings. The molecule has 3 aromatic heterocycles. The number of anilines is 2. The van der Waals surface area contributed by atoms with Crippen LogP contribution in [0.25, 0.3) is 44.5 Å². The highest BCUT2D eigenvalue weighted by atomic mass is 35.5. The maximum absolute atomic E-state index is 12.2. The molecular formula is C33H34ClN7O. The molecule has 0 saturated carbocycles. The summed E-state index contributed by atoms with van der Waals surface area (Å²) in [6.07, 6.45) is 6.87. The zero-order valence-electron chi connectivity index (χ0n) is 24.1. The standard InChI is InChI=1S/C33H34ClN7O/c1-5-28(42)37-27-17-23(8-7-21(27)3)29-30-31(34)26(24-18-36-41(6-2)20-24)19-35-33(30)38-32(29)22-9-11-25(12-10-22)40-15-13-39(4)14-16-40/h5,7-12,17-20H,1,6,13-16H2,2-4H3,(H,35,38)(H,37,42). The van der Waals surface area contributed by atoms with Crippen molar-refractivity contribution in [2.45, 2.75) is 20.4 Å². The van der Waals surface area contributed by atoms with Crippen molar-refractivity contribution < 1.29 is 4.79 Å². The molecule has 214 valence electrons. The first-order chi connectivity index (χ1) is 20.4. The molecule has 0 spiro atoms. The monoisotopic (exact) mass is 579 g/mol. The summed E-state index contributed by atoms with van der Waals surface area (Å²) in [5, 5.41) is 8.80. The van der Waals surface area contributed by atoms with Gasteiger partial charge in [-0.25, -0.2) is 4.98 Å². The van der Waals surface area contributed by atoms with Crippen LogP contribution in [0.4, 0.5) is 11.4 Å². The highest BCUT2D eigenvalue weighted by Gasteiger charge is 2.23. The Bertz CT molecular complexity index is 1780. The van der Waals surface area contributed by atoms with E-state index in [2.05, 4.69) is 69.2 Å². The summed E-state index contributed by atoms with van der Waals surface area (Å²) in [5.41, 5.74) is 9.06. The normalized spacial score (nSPS) is 14.0. The van der Waals surface area contributed by atoms with E-state index in [1.807, 2.05) is 43.1 Å². The van der Waals surface area contributed by atoms with Crippen molar-refractivity contribution in [1.82, 2.24) is 24.6 Å². The van der Waals surface area contributed by atoms with Gasteiger partial charge in [0, 0.05) is 78.6 Å². The van der Waals surface area contributed by atoms with Crippen molar-refractivity contribution in [3.05, 3.63) is 84.3 Å². The molecule has 2 aromatic carbocycles. The number of piperazine rings is 1. The van der Waals surface area contributed by atoms with E-state index < -0.39 is 0 Å². The summed E-state index contributed by atoms with van der Waals surface area (Å²) in [6, 6.07) is 14.7. The van der Waals surface area contributed by atoms with E-state index in [1.165, 1.54) is 11.8 Å². The zero-order chi connectivity index (χ0) is 29.4. The molecule has 1 amide bonds. The molecule has 0 radical (unpaired) electrons. The first-order valence-corrected chi connectivity index (χ1v) is 14.6. The average molecular weight is 580 g/mol. The lowest BCUT2D eigenvalue weighted by atomic mass is 9.96. The van der Waals surface area contributed by atoms with Crippen LogP contribution in [-0.4, -0.2) is 63.8 Å². The number of likely N-dealkylation sites (N-methyl/N-ethyl adjacent to an activating group) is 1. The predicted octanol–water partition coefficient (Wildman–Crippen LogP) is 6.62. The highest BCUT2D eigenvalue weighted by molar-refractivity contribution is 6.39. The first kappa shape index (κ1) is 27.8. The molecule has 0 atom stereocenters. The summed E-state index contributed by atoms with van der Waals surface area (Å²) in [5.74, 6) is -0.260. The number of H-pyrrole nitrogens is 1. The van der Waals surface area contributed by atoms with Crippen LogP contribution in [0.1, 0.15) is 12.5 Å². The Balaban J connectivity index is 1.52. The number of aromatic nitrogens is 4. The fourth-order valence-corrected chi connectivity index (χ4v) is 5.84. The van der Waals surface area contributed by atoms with E-state index in [4.69, 9.17) is 16.6 Å². The second-order valence-electron chi connectivity index (χ2n) is 10.7. The maximum atomic E-state index is 12.2. The Hall–Kier alpha value is -4.40. The van der Waals surface area contributed by atoms with Crippen molar-refractivity contribution in [3.8, 4) is 33.5 Å².